The highest BCUT2D eigenvalue weighted by Crippen LogP contribution is 2.21. The van der Waals surface area contributed by atoms with Crippen LogP contribution in [0.15, 0.2) is 0 Å². The van der Waals surface area contributed by atoms with Crippen molar-refractivity contribution in [2.45, 2.75) is 39.2 Å². The van der Waals surface area contributed by atoms with Gasteiger partial charge in [-0.15, -0.1) is 0 Å². The minimum atomic E-state index is -0.608. The summed E-state index contributed by atoms with van der Waals surface area (Å²) in [4.78, 5) is 0. The van der Waals surface area contributed by atoms with Gasteiger partial charge in [0.25, 0.3) is 0 Å². The van der Waals surface area contributed by atoms with E-state index in [-0.39, 0.29) is 12.5 Å². The molecule has 0 aromatic rings. The molecule has 0 spiro atoms. The molecular weight excluding hydrogens is 128 g/mol. The van der Waals surface area contributed by atoms with Gasteiger partial charge in [-0.2, -0.15) is 0 Å². The molecule has 0 radical (unpaired) electrons. The lowest BCUT2D eigenvalue weighted by molar-refractivity contribution is 0.0000318. The molecule has 10 heavy (non-hydrogen) atoms. The van der Waals surface area contributed by atoms with Gasteiger partial charge in [0.2, 0.25) is 0 Å². The maximum atomic E-state index is 9.61. The second kappa shape index (κ2) is 3.94. The maximum Gasteiger partial charge on any atom is 0.0643 e. The lowest BCUT2D eigenvalue weighted by Crippen LogP contribution is -2.30. The van der Waals surface area contributed by atoms with Crippen LogP contribution in [-0.2, 0) is 0 Å². The lowest BCUT2D eigenvalue weighted by Gasteiger charge is -2.27. The van der Waals surface area contributed by atoms with Gasteiger partial charge >= 0.3 is 0 Å². The number of aliphatic hydroxyl groups excluding tert-OH is 1. The Hall–Kier alpha value is -0.0800. The van der Waals surface area contributed by atoms with Gasteiger partial charge in [0.1, 0.15) is 0 Å². The largest absolute Gasteiger partial charge is 0.396 e. The molecule has 0 saturated carbocycles. The highest BCUT2D eigenvalue weighted by molar-refractivity contribution is 4.75. The monoisotopic (exact) mass is 146 g/mol. The molecule has 0 rings (SSSR count). The minimum absolute atomic E-state index is 0.170. The molecule has 0 fully saturated rings. The second-order valence-corrected chi connectivity index (χ2v) is 3.34. The van der Waals surface area contributed by atoms with Gasteiger partial charge in [-0.1, -0.05) is 13.8 Å². The molecule has 2 heteroatoms. The quantitative estimate of drug-likeness (QED) is 0.625. The van der Waals surface area contributed by atoms with Crippen molar-refractivity contribution in [2.24, 2.45) is 5.92 Å². The Morgan fingerprint density at radius 2 is 1.90 bits per heavy atom. The van der Waals surface area contributed by atoms with Crippen molar-refractivity contribution in [2.75, 3.05) is 6.61 Å². The fourth-order valence-corrected chi connectivity index (χ4v) is 0.726. The van der Waals surface area contributed by atoms with E-state index in [9.17, 15) is 5.11 Å². The summed E-state index contributed by atoms with van der Waals surface area (Å²) < 4.78 is 0. The first-order valence-electron chi connectivity index (χ1n) is 3.84. The van der Waals surface area contributed by atoms with Crippen LogP contribution in [0.2, 0.25) is 0 Å². The summed E-state index contributed by atoms with van der Waals surface area (Å²) >= 11 is 0. The van der Waals surface area contributed by atoms with E-state index in [0.29, 0.717) is 12.8 Å². The Kier molecular flexibility index (Phi) is 3.91. The molecule has 0 heterocycles. The van der Waals surface area contributed by atoms with E-state index < -0.39 is 5.60 Å². The minimum Gasteiger partial charge on any atom is -0.396 e. The van der Waals surface area contributed by atoms with Crippen molar-refractivity contribution in [1.29, 1.82) is 0 Å². The van der Waals surface area contributed by atoms with E-state index in [1.165, 1.54) is 0 Å². The summed E-state index contributed by atoms with van der Waals surface area (Å²) in [7, 11) is 0. The number of rotatable bonds is 4. The van der Waals surface area contributed by atoms with Crippen LogP contribution in [0.25, 0.3) is 0 Å². The van der Waals surface area contributed by atoms with Crippen LogP contribution in [0.1, 0.15) is 33.6 Å². The number of aliphatic hydroxyl groups is 2. The molecule has 2 N–H and O–H groups in total. The molecule has 0 aromatic heterocycles. The van der Waals surface area contributed by atoms with Gasteiger partial charge in [-0.25, -0.2) is 0 Å². The molecule has 1 atom stereocenters. The Morgan fingerprint density at radius 1 is 1.40 bits per heavy atom. The van der Waals surface area contributed by atoms with Crippen LogP contribution in [0.5, 0.6) is 0 Å². The Balaban J connectivity index is 3.63. The Morgan fingerprint density at radius 3 is 2.20 bits per heavy atom. The summed E-state index contributed by atoms with van der Waals surface area (Å²) in [6.45, 7) is 5.95. The van der Waals surface area contributed by atoms with Crippen LogP contribution in [-0.4, -0.2) is 22.4 Å². The highest BCUT2D eigenvalue weighted by Gasteiger charge is 2.23. The van der Waals surface area contributed by atoms with E-state index >= 15 is 0 Å². The average molecular weight is 146 g/mol. The smallest absolute Gasteiger partial charge is 0.0643 e. The summed E-state index contributed by atoms with van der Waals surface area (Å²) in [5, 5.41) is 18.1. The van der Waals surface area contributed by atoms with Gasteiger partial charge in [-0.05, 0) is 25.7 Å². The predicted molar refractivity (Wildman–Crippen MR) is 41.8 cm³/mol. The van der Waals surface area contributed by atoms with Crippen LogP contribution in [0.4, 0.5) is 0 Å². The molecule has 62 valence electrons. The van der Waals surface area contributed by atoms with Crippen LogP contribution in [0.3, 0.4) is 0 Å². The average Bonchev–Trinajstić information content (AvgIpc) is 1.84. The van der Waals surface area contributed by atoms with Crippen molar-refractivity contribution in [3.05, 3.63) is 0 Å². The van der Waals surface area contributed by atoms with E-state index in [0.717, 1.165) is 0 Å². The third-order valence-corrected chi connectivity index (χ3v) is 2.08. The van der Waals surface area contributed by atoms with Crippen molar-refractivity contribution in [3.63, 3.8) is 0 Å². The molecule has 0 amide bonds. The maximum absolute atomic E-state index is 9.61. The Bertz CT molecular complexity index is 87.3. The first kappa shape index (κ1) is 9.92. The number of hydrogen-bond acceptors (Lipinski definition) is 2. The first-order chi connectivity index (χ1) is 4.50. The van der Waals surface area contributed by atoms with Crippen molar-refractivity contribution < 1.29 is 10.2 Å². The van der Waals surface area contributed by atoms with Gasteiger partial charge in [0.05, 0.1) is 5.60 Å². The standard InChI is InChI=1S/C8H18O2/c1-7(2)8(3,10)5-4-6-9/h7,9-10H,4-6H2,1-3H3. The molecule has 0 aliphatic heterocycles. The van der Waals surface area contributed by atoms with E-state index in [1.54, 1.807) is 0 Å². The third-order valence-electron chi connectivity index (χ3n) is 2.08. The van der Waals surface area contributed by atoms with E-state index in [2.05, 4.69) is 0 Å². The van der Waals surface area contributed by atoms with E-state index in [4.69, 9.17) is 5.11 Å². The van der Waals surface area contributed by atoms with Crippen molar-refractivity contribution in [1.82, 2.24) is 0 Å². The van der Waals surface area contributed by atoms with Crippen LogP contribution >= 0.6 is 0 Å². The fraction of sp³-hybridized carbons (Fsp3) is 1.00. The fourth-order valence-electron chi connectivity index (χ4n) is 0.726. The van der Waals surface area contributed by atoms with Gasteiger partial charge in [-0.3, -0.25) is 0 Å². The van der Waals surface area contributed by atoms with Crippen molar-refractivity contribution in [3.8, 4) is 0 Å². The number of hydrogen-bond donors (Lipinski definition) is 2. The molecule has 0 aliphatic rings. The molecular formula is C8H18O2. The molecule has 0 aliphatic carbocycles. The highest BCUT2D eigenvalue weighted by atomic mass is 16.3. The normalized spacial score (nSPS) is 17.4. The molecule has 0 bridgehead atoms. The van der Waals surface area contributed by atoms with Crippen molar-refractivity contribution >= 4 is 0 Å². The van der Waals surface area contributed by atoms with Gasteiger partial charge in [0, 0.05) is 6.61 Å². The SMILES string of the molecule is CC(C)C(C)(O)CCCO. The van der Waals surface area contributed by atoms with Crippen LogP contribution in [0, 0.1) is 5.92 Å². The zero-order valence-electron chi connectivity index (χ0n) is 7.09. The third kappa shape index (κ3) is 3.18. The zero-order valence-corrected chi connectivity index (χ0v) is 7.09. The zero-order chi connectivity index (χ0) is 8.20. The van der Waals surface area contributed by atoms with Crippen LogP contribution < -0.4 is 0 Å². The molecule has 1 unspecified atom stereocenters. The molecule has 2 nitrogen and oxygen atoms in total. The Labute approximate surface area is 62.9 Å². The second-order valence-electron chi connectivity index (χ2n) is 3.34. The molecule has 0 aromatic carbocycles. The van der Waals surface area contributed by atoms with E-state index in [1.807, 2.05) is 20.8 Å². The summed E-state index contributed by atoms with van der Waals surface area (Å²) in [5.41, 5.74) is -0.608. The molecule has 0 saturated heterocycles. The first-order valence-corrected chi connectivity index (χ1v) is 3.84. The van der Waals surface area contributed by atoms with Gasteiger partial charge < -0.3 is 10.2 Å². The summed E-state index contributed by atoms with van der Waals surface area (Å²) in [5.74, 6) is 0.263. The predicted octanol–water partition coefficient (Wildman–Crippen LogP) is 1.17. The lowest BCUT2D eigenvalue weighted by atomic mass is 9.88. The summed E-state index contributed by atoms with van der Waals surface area (Å²) in [6.07, 6.45) is 1.37. The summed E-state index contributed by atoms with van der Waals surface area (Å²) in [6, 6.07) is 0. The van der Waals surface area contributed by atoms with Gasteiger partial charge in [0.15, 0.2) is 0 Å². The topological polar surface area (TPSA) is 40.5 Å².